The molecule has 4 aromatic carbocycles. The zero-order valence-corrected chi connectivity index (χ0v) is 24.1. The van der Waals surface area contributed by atoms with Crippen LogP contribution in [-0.2, 0) is 54.9 Å². The molecule has 5 atom stereocenters. The Kier molecular flexibility index (Phi) is 11.5. The molecule has 0 amide bonds. The molecule has 0 aliphatic carbocycles. The summed E-state index contributed by atoms with van der Waals surface area (Å²) in [5, 5.41) is 9.85. The van der Waals surface area contributed by atoms with Gasteiger partial charge in [-0.3, -0.25) is 4.79 Å². The molecule has 0 radical (unpaired) electrons. The fourth-order valence-electron chi connectivity index (χ4n) is 5.22. The molecular weight excluding hydrogens is 544 g/mol. The molecule has 3 unspecified atom stereocenters. The van der Waals surface area contributed by atoms with Crippen molar-refractivity contribution in [2.45, 2.75) is 63.4 Å². The predicted octanol–water partition coefficient (Wildman–Crippen LogP) is 6.20. The van der Waals surface area contributed by atoms with Crippen molar-refractivity contribution >= 4 is 5.97 Å². The van der Waals surface area contributed by atoms with Gasteiger partial charge in [-0.25, -0.2) is 0 Å². The van der Waals surface area contributed by atoms with E-state index in [1.165, 1.54) is 0 Å². The Morgan fingerprint density at radius 3 is 1.33 bits per heavy atom. The number of carboxylic acid groups (broad SMARTS) is 1. The lowest BCUT2D eigenvalue weighted by molar-refractivity contribution is -0.273. The topological polar surface area (TPSA) is 83.5 Å². The molecule has 224 valence electrons. The molecule has 0 spiro atoms. The number of rotatable bonds is 15. The van der Waals surface area contributed by atoms with E-state index in [2.05, 4.69) is 0 Å². The maximum absolute atomic E-state index is 12.0. The van der Waals surface area contributed by atoms with Crippen LogP contribution in [0.15, 0.2) is 121 Å². The van der Waals surface area contributed by atoms with Crippen molar-refractivity contribution in [3.63, 3.8) is 0 Å². The van der Waals surface area contributed by atoms with E-state index in [9.17, 15) is 9.90 Å². The molecule has 7 heteroatoms. The third kappa shape index (κ3) is 9.32. The van der Waals surface area contributed by atoms with Crippen molar-refractivity contribution in [3.05, 3.63) is 144 Å². The minimum absolute atomic E-state index is 0.196. The van der Waals surface area contributed by atoms with E-state index >= 15 is 0 Å². The van der Waals surface area contributed by atoms with Crippen LogP contribution in [0.1, 0.15) is 28.7 Å². The van der Waals surface area contributed by atoms with Gasteiger partial charge in [0.05, 0.1) is 45.6 Å². The van der Waals surface area contributed by atoms with E-state index in [4.69, 9.17) is 23.7 Å². The average molecular weight is 583 g/mol. The van der Waals surface area contributed by atoms with Crippen molar-refractivity contribution < 1.29 is 33.6 Å². The van der Waals surface area contributed by atoms with Gasteiger partial charge in [-0.2, -0.15) is 0 Å². The van der Waals surface area contributed by atoms with Crippen LogP contribution in [0.5, 0.6) is 0 Å². The standard InChI is InChI=1S/C36H38O7/c37-33(38)21-31-34(40-23-28-15-7-2-8-16-28)36(42-25-30-19-11-4-12-20-30)35(41-24-29-17-9-3-10-18-29)32(43-31)26-39-22-27-13-5-1-6-14-27/h1-20,31-32,34-36H,21-26H2,(H,37,38)/t31-,32?,34?,35-,36?/m1/s1. The van der Waals surface area contributed by atoms with Crippen LogP contribution in [0, 0.1) is 0 Å². The largest absolute Gasteiger partial charge is 0.481 e. The fraction of sp³-hybridized carbons (Fsp3) is 0.306. The van der Waals surface area contributed by atoms with Gasteiger partial charge in [-0.15, -0.1) is 0 Å². The van der Waals surface area contributed by atoms with Crippen LogP contribution in [0.2, 0.25) is 0 Å². The number of benzene rings is 4. The second kappa shape index (κ2) is 16.1. The molecule has 0 saturated carbocycles. The van der Waals surface area contributed by atoms with Crippen LogP contribution < -0.4 is 0 Å². The zero-order valence-electron chi connectivity index (χ0n) is 24.1. The first-order valence-corrected chi connectivity index (χ1v) is 14.6. The lowest BCUT2D eigenvalue weighted by atomic mass is 9.92. The van der Waals surface area contributed by atoms with Crippen LogP contribution in [0.3, 0.4) is 0 Å². The van der Waals surface area contributed by atoms with Crippen molar-refractivity contribution in [1.82, 2.24) is 0 Å². The first-order chi connectivity index (χ1) is 21.2. The Balaban J connectivity index is 1.42. The minimum atomic E-state index is -0.979. The summed E-state index contributed by atoms with van der Waals surface area (Å²) in [6.45, 7) is 1.49. The monoisotopic (exact) mass is 582 g/mol. The Hall–Kier alpha value is -3.85. The lowest BCUT2D eigenvalue weighted by Gasteiger charge is -2.46. The molecular formula is C36H38O7. The summed E-state index contributed by atoms with van der Waals surface area (Å²) < 4.78 is 32.2. The summed E-state index contributed by atoms with van der Waals surface area (Å²) in [7, 11) is 0. The number of aliphatic carboxylic acids is 1. The first kappa shape index (κ1) is 30.6. The van der Waals surface area contributed by atoms with Crippen LogP contribution in [0.25, 0.3) is 0 Å². The van der Waals surface area contributed by atoms with Gasteiger partial charge in [0.15, 0.2) is 0 Å². The van der Waals surface area contributed by atoms with Gasteiger partial charge < -0.3 is 28.8 Å². The molecule has 1 heterocycles. The SMILES string of the molecule is O=C(O)C[C@H]1OC(COCc2ccccc2)[C@@H](OCc2ccccc2)C(OCc2ccccc2)C1OCc1ccccc1. The summed E-state index contributed by atoms with van der Waals surface area (Å²) in [5.74, 6) is -0.979. The number of hydrogen-bond acceptors (Lipinski definition) is 6. The Labute approximate surface area is 252 Å². The van der Waals surface area contributed by atoms with Gasteiger partial charge in [0, 0.05) is 0 Å². The van der Waals surface area contributed by atoms with E-state index in [1.807, 2.05) is 121 Å². The minimum Gasteiger partial charge on any atom is -0.481 e. The number of carboxylic acids is 1. The molecule has 4 aromatic rings. The van der Waals surface area contributed by atoms with Crippen molar-refractivity contribution in [1.29, 1.82) is 0 Å². The van der Waals surface area contributed by atoms with Crippen molar-refractivity contribution in [2.24, 2.45) is 0 Å². The molecule has 0 aromatic heterocycles. The number of hydrogen-bond donors (Lipinski definition) is 1. The van der Waals surface area contributed by atoms with E-state index in [0.29, 0.717) is 19.8 Å². The smallest absolute Gasteiger partial charge is 0.306 e. The second-order valence-corrected chi connectivity index (χ2v) is 10.6. The maximum Gasteiger partial charge on any atom is 0.306 e. The zero-order chi connectivity index (χ0) is 29.7. The third-order valence-corrected chi connectivity index (χ3v) is 7.36. The van der Waals surface area contributed by atoms with E-state index < -0.39 is 36.5 Å². The van der Waals surface area contributed by atoms with Crippen molar-refractivity contribution in [3.8, 4) is 0 Å². The van der Waals surface area contributed by atoms with E-state index in [-0.39, 0.29) is 19.6 Å². The highest BCUT2D eigenvalue weighted by atomic mass is 16.6. The molecule has 0 bridgehead atoms. The van der Waals surface area contributed by atoms with Gasteiger partial charge in [0.25, 0.3) is 0 Å². The number of ether oxygens (including phenoxy) is 5. The molecule has 5 rings (SSSR count). The van der Waals surface area contributed by atoms with E-state index in [1.54, 1.807) is 0 Å². The lowest BCUT2D eigenvalue weighted by Crippen LogP contribution is -2.61. The number of carbonyl (C=O) groups is 1. The molecule has 1 fully saturated rings. The molecule has 43 heavy (non-hydrogen) atoms. The normalized spacial score (nSPS) is 21.8. The summed E-state index contributed by atoms with van der Waals surface area (Å²) in [4.78, 5) is 12.0. The Morgan fingerprint density at radius 1 is 0.535 bits per heavy atom. The van der Waals surface area contributed by atoms with Gasteiger partial charge in [0.2, 0.25) is 0 Å². The predicted molar refractivity (Wildman–Crippen MR) is 162 cm³/mol. The third-order valence-electron chi connectivity index (χ3n) is 7.36. The second-order valence-electron chi connectivity index (χ2n) is 10.6. The summed E-state index contributed by atoms with van der Waals surface area (Å²) in [6, 6.07) is 39.4. The van der Waals surface area contributed by atoms with Gasteiger partial charge in [0.1, 0.15) is 24.4 Å². The highest BCUT2D eigenvalue weighted by molar-refractivity contribution is 5.67. The highest BCUT2D eigenvalue weighted by Crippen LogP contribution is 2.32. The summed E-state index contributed by atoms with van der Waals surface area (Å²) in [6.07, 6.45) is -3.53. The van der Waals surface area contributed by atoms with Crippen LogP contribution in [-0.4, -0.2) is 48.2 Å². The quantitative estimate of drug-likeness (QED) is 0.179. The molecule has 1 N–H and O–H groups in total. The van der Waals surface area contributed by atoms with Crippen LogP contribution >= 0.6 is 0 Å². The fourth-order valence-corrected chi connectivity index (χ4v) is 5.22. The van der Waals surface area contributed by atoms with Gasteiger partial charge >= 0.3 is 5.97 Å². The van der Waals surface area contributed by atoms with Gasteiger partial charge in [-0.05, 0) is 22.3 Å². The summed E-state index contributed by atoms with van der Waals surface area (Å²) >= 11 is 0. The highest BCUT2D eigenvalue weighted by Gasteiger charge is 2.49. The molecule has 1 saturated heterocycles. The Morgan fingerprint density at radius 2 is 0.907 bits per heavy atom. The van der Waals surface area contributed by atoms with Crippen molar-refractivity contribution in [2.75, 3.05) is 6.61 Å². The van der Waals surface area contributed by atoms with Crippen LogP contribution in [0.4, 0.5) is 0 Å². The van der Waals surface area contributed by atoms with Gasteiger partial charge in [-0.1, -0.05) is 121 Å². The Bertz CT molecular complexity index is 1350. The first-order valence-electron chi connectivity index (χ1n) is 14.6. The molecule has 7 nitrogen and oxygen atoms in total. The summed E-state index contributed by atoms with van der Waals surface area (Å²) in [5.41, 5.74) is 3.99. The molecule has 1 aliphatic rings. The molecule has 1 aliphatic heterocycles. The maximum atomic E-state index is 12.0. The average Bonchev–Trinajstić information content (AvgIpc) is 3.04. The van der Waals surface area contributed by atoms with E-state index in [0.717, 1.165) is 22.3 Å².